The number of carbonyl (C=O) groups excluding carboxylic acids is 1. The minimum absolute atomic E-state index is 0.250. The van der Waals surface area contributed by atoms with Crippen molar-refractivity contribution in [3.8, 4) is 5.75 Å². The quantitative estimate of drug-likeness (QED) is 0.761. The van der Waals surface area contributed by atoms with E-state index in [2.05, 4.69) is 10.4 Å². The van der Waals surface area contributed by atoms with Gasteiger partial charge in [0.25, 0.3) is 5.91 Å². The summed E-state index contributed by atoms with van der Waals surface area (Å²) in [5, 5.41) is 8.12. The van der Waals surface area contributed by atoms with E-state index in [1.54, 1.807) is 10.9 Å². The van der Waals surface area contributed by atoms with Crippen molar-refractivity contribution in [2.24, 2.45) is 0 Å². The highest BCUT2D eigenvalue weighted by Crippen LogP contribution is 2.25. The molecule has 1 aliphatic rings. The molecule has 2 atom stereocenters. The van der Waals surface area contributed by atoms with Gasteiger partial charge in [0.15, 0.2) is 11.5 Å². The minimum Gasteiger partial charge on any atom is -0.482 e. The number of amides is 1. The maximum absolute atomic E-state index is 12.7. The SMILES string of the molecule is CCn1cc(O[C@@H]2COC[C@@H]2NC(=O)c2oc3ccccc3c2C)cn1. The van der Waals surface area contributed by atoms with Crippen LogP contribution in [0.3, 0.4) is 0 Å². The van der Waals surface area contributed by atoms with Crippen molar-refractivity contribution in [1.29, 1.82) is 0 Å². The van der Waals surface area contributed by atoms with Gasteiger partial charge in [-0.05, 0) is 19.9 Å². The summed E-state index contributed by atoms with van der Waals surface area (Å²) in [6.45, 7) is 5.49. The summed E-state index contributed by atoms with van der Waals surface area (Å²) in [5.74, 6) is 0.740. The number of hydrogen-bond acceptors (Lipinski definition) is 5. The van der Waals surface area contributed by atoms with E-state index < -0.39 is 0 Å². The van der Waals surface area contributed by atoms with Gasteiger partial charge < -0.3 is 19.2 Å². The molecule has 0 saturated carbocycles. The predicted molar refractivity (Wildman–Crippen MR) is 95.3 cm³/mol. The minimum atomic E-state index is -0.266. The molecule has 7 heteroatoms. The van der Waals surface area contributed by atoms with Crippen molar-refractivity contribution < 1.29 is 18.7 Å². The molecule has 26 heavy (non-hydrogen) atoms. The van der Waals surface area contributed by atoms with Crippen molar-refractivity contribution in [1.82, 2.24) is 15.1 Å². The number of fused-ring (bicyclic) bond motifs is 1. The molecular formula is C19H21N3O4. The monoisotopic (exact) mass is 355 g/mol. The van der Waals surface area contributed by atoms with Crippen LogP contribution in [0.25, 0.3) is 11.0 Å². The number of hydrogen-bond donors (Lipinski definition) is 1. The van der Waals surface area contributed by atoms with E-state index in [1.807, 2.05) is 44.3 Å². The van der Waals surface area contributed by atoms with E-state index in [-0.39, 0.29) is 18.1 Å². The maximum Gasteiger partial charge on any atom is 0.287 e. The van der Waals surface area contributed by atoms with Gasteiger partial charge in [-0.1, -0.05) is 18.2 Å². The van der Waals surface area contributed by atoms with Crippen LogP contribution in [-0.4, -0.2) is 41.0 Å². The van der Waals surface area contributed by atoms with Crippen molar-refractivity contribution >= 4 is 16.9 Å². The summed E-state index contributed by atoms with van der Waals surface area (Å²) < 4.78 is 19.0. The van der Waals surface area contributed by atoms with Gasteiger partial charge in [0.05, 0.1) is 31.6 Å². The molecule has 1 aliphatic heterocycles. The number of aryl methyl sites for hydroxylation is 2. The average Bonchev–Trinajstić information content (AvgIpc) is 3.36. The molecular weight excluding hydrogens is 334 g/mol. The van der Waals surface area contributed by atoms with Crippen LogP contribution >= 0.6 is 0 Å². The van der Waals surface area contributed by atoms with Crippen molar-refractivity contribution in [3.05, 3.63) is 48.0 Å². The molecule has 1 amide bonds. The van der Waals surface area contributed by atoms with E-state index in [1.165, 1.54) is 0 Å². The molecule has 1 N–H and O–H groups in total. The largest absolute Gasteiger partial charge is 0.482 e. The lowest BCUT2D eigenvalue weighted by atomic mass is 10.1. The summed E-state index contributed by atoms with van der Waals surface area (Å²) >= 11 is 0. The van der Waals surface area contributed by atoms with Crippen LogP contribution in [-0.2, 0) is 11.3 Å². The average molecular weight is 355 g/mol. The second kappa shape index (κ2) is 6.84. The number of benzene rings is 1. The molecule has 0 radical (unpaired) electrons. The zero-order valence-electron chi connectivity index (χ0n) is 14.8. The highest BCUT2D eigenvalue weighted by Gasteiger charge is 2.33. The van der Waals surface area contributed by atoms with Gasteiger partial charge in [0.2, 0.25) is 0 Å². The molecule has 1 saturated heterocycles. The van der Waals surface area contributed by atoms with E-state index in [4.69, 9.17) is 13.9 Å². The molecule has 0 unspecified atom stereocenters. The molecule has 4 rings (SSSR count). The number of aromatic nitrogens is 2. The molecule has 0 bridgehead atoms. The number of carbonyl (C=O) groups is 1. The van der Waals surface area contributed by atoms with Crippen molar-refractivity contribution in [2.45, 2.75) is 32.5 Å². The molecule has 0 spiro atoms. The Morgan fingerprint density at radius 3 is 3.00 bits per heavy atom. The molecule has 3 aromatic rings. The molecule has 0 aliphatic carbocycles. The lowest BCUT2D eigenvalue weighted by molar-refractivity contribution is 0.0877. The highest BCUT2D eigenvalue weighted by atomic mass is 16.5. The molecule has 136 valence electrons. The maximum atomic E-state index is 12.7. The predicted octanol–water partition coefficient (Wildman–Crippen LogP) is 2.53. The van der Waals surface area contributed by atoms with Gasteiger partial charge in [-0.3, -0.25) is 9.48 Å². The molecule has 7 nitrogen and oxygen atoms in total. The second-order valence-electron chi connectivity index (χ2n) is 6.36. The smallest absolute Gasteiger partial charge is 0.287 e. The van der Waals surface area contributed by atoms with Gasteiger partial charge >= 0.3 is 0 Å². The lowest BCUT2D eigenvalue weighted by Gasteiger charge is -2.19. The molecule has 1 aromatic carbocycles. The van der Waals surface area contributed by atoms with Gasteiger partial charge in [0, 0.05) is 17.5 Å². The molecule has 3 heterocycles. The summed E-state index contributed by atoms with van der Waals surface area (Å²) in [6, 6.07) is 7.37. The van der Waals surface area contributed by atoms with Gasteiger partial charge in [-0.25, -0.2) is 0 Å². The Morgan fingerprint density at radius 1 is 1.38 bits per heavy atom. The lowest BCUT2D eigenvalue weighted by Crippen LogP contribution is -2.45. The Morgan fingerprint density at radius 2 is 2.23 bits per heavy atom. The Balaban J connectivity index is 1.48. The van der Waals surface area contributed by atoms with Gasteiger partial charge in [0.1, 0.15) is 11.7 Å². The first kappa shape index (κ1) is 16.7. The van der Waals surface area contributed by atoms with Crippen LogP contribution < -0.4 is 10.1 Å². The molecule has 1 fully saturated rings. The van der Waals surface area contributed by atoms with Crippen molar-refractivity contribution in [3.63, 3.8) is 0 Å². The number of ether oxygens (including phenoxy) is 2. The van der Waals surface area contributed by atoms with Gasteiger partial charge in [-0.2, -0.15) is 5.10 Å². The topological polar surface area (TPSA) is 78.5 Å². The van der Waals surface area contributed by atoms with Crippen LogP contribution in [0.2, 0.25) is 0 Å². The highest BCUT2D eigenvalue weighted by molar-refractivity contribution is 5.99. The number of nitrogens with one attached hydrogen (secondary N) is 1. The van der Waals surface area contributed by atoms with Gasteiger partial charge in [-0.15, -0.1) is 0 Å². The number of para-hydroxylation sites is 1. The van der Waals surface area contributed by atoms with E-state index in [9.17, 15) is 4.79 Å². The standard InChI is InChI=1S/C19H21N3O4/c1-3-22-9-13(8-20-22)25-17-11-24-10-15(17)21-19(23)18-12(2)14-6-4-5-7-16(14)26-18/h4-9,15,17H,3,10-11H2,1-2H3,(H,21,23)/t15-,17+/m0/s1. The first-order valence-electron chi connectivity index (χ1n) is 8.71. The fourth-order valence-corrected chi connectivity index (χ4v) is 3.16. The first-order valence-corrected chi connectivity index (χ1v) is 8.71. The van der Waals surface area contributed by atoms with Crippen LogP contribution in [0.5, 0.6) is 5.75 Å². The number of rotatable bonds is 5. The Kier molecular flexibility index (Phi) is 4.38. The van der Waals surface area contributed by atoms with E-state index >= 15 is 0 Å². The summed E-state index contributed by atoms with van der Waals surface area (Å²) in [7, 11) is 0. The van der Waals surface area contributed by atoms with E-state index in [0.29, 0.717) is 30.3 Å². The number of furan rings is 1. The van der Waals surface area contributed by atoms with Crippen LogP contribution in [0, 0.1) is 6.92 Å². The molecule has 2 aromatic heterocycles. The third kappa shape index (κ3) is 3.06. The fraction of sp³-hybridized carbons (Fsp3) is 0.368. The Labute approximate surface area is 150 Å². The first-order chi connectivity index (χ1) is 12.7. The van der Waals surface area contributed by atoms with Crippen LogP contribution in [0.4, 0.5) is 0 Å². The zero-order valence-corrected chi connectivity index (χ0v) is 14.8. The summed E-state index contributed by atoms with van der Waals surface area (Å²) in [5.41, 5.74) is 1.54. The summed E-state index contributed by atoms with van der Waals surface area (Å²) in [6.07, 6.45) is 3.24. The normalized spacial score (nSPS) is 19.8. The Hall–Kier alpha value is -2.80. The van der Waals surface area contributed by atoms with Crippen LogP contribution in [0.15, 0.2) is 41.1 Å². The van der Waals surface area contributed by atoms with E-state index in [0.717, 1.165) is 17.5 Å². The zero-order chi connectivity index (χ0) is 18.1. The fourth-order valence-electron chi connectivity index (χ4n) is 3.16. The third-order valence-electron chi connectivity index (χ3n) is 4.62. The second-order valence-corrected chi connectivity index (χ2v) is 6.36. The van der Waals surface area contributed by atoms with Crippen LogP contribution in [0.1, 0.15) is 23.0 Å². The van der Waals surface area contributed by atoms with Crippen molar-refractivity contribution in [2.75, 3.05) is 13.2 Å². The number of nitrogens with zero attached hydrogens (tertiary/aromatic N) is 2. The Bertz CT molecular complexity index is 930. The summed E-state index contributed by atoms with van der Waals surface area (Å²) in [4.78, 5) is 12.7. The third-order valence-corrected chi connectivity index (χ3v) is 4.62.